The molecule has 126 valence electrons. The molecule has 0 unspecified atom stereocenters. The van der Waals surface area contributed by atoms with Crippen molar-refractivity contribution >= 4 is 21.4 Å². The zero-order chi connectivity index (χ0) is 16.0. The van der Waals surface area contributed by atoms with E-state index in [0.29, 0.717) is 19.1 Å². The zero-order valence-electron chi connectivity index (χ0n) is 13.2. The van der Waals surface area contributed by atoms with E-state index in [2.05, 4.69) is 32.0 Å². The van der Waals surface area contributed by atoms with Crippen LogP contribution in [0.25, 0.3) is 0 Å². The Morgan fingerprint density at radius 3 is 2.77 bits per heavy atom. The molecule has 0 aliphatic carbocycles. The first-order valence-corrected chi connectivity index (χ1v) is 10.2. The van der Waals surface area contributed by atoms with E-state index < -0.39 is 10.0 Å². The third-order valence-electron chi connectivity index (χ3n) is 3.70. The third-order valence-corrected chi connectivity index (χ3v) is 5.40. The lowest BCUT2D eigenvalue weighted by molar-refractivity contribution is 0.0103. The minimum atomic E-state index is -3.11. The van der Waals surface area contributed by atoms with Gasteiger partial charge in [0.05, 0.1) is 25.5 Å². The topological polar surface area (TPSA) is 61.9 Å². The SMILES string of the molecule is CN(CCNS(C)(=O)=O)C[C@@H](c1cccs1)N1CCOCC1. The standard InChI is InChI=1S/C14H25N3O3S2/c1-16(6-5-15-22(2,18)19)12-13(14-4-3-11-21-14)17-7-9-20-10-8-17/h3-4,11,13,15H,5-10,12H2,1-2H3/t13-/m0/s1. The van der Waals surface area contributed by atoms with Crippen molar-refractivity contribution in [3.05, 3.63) is 22.4 Å². The Kier molecular flexibility index (Phi) is 6.79. The van der Waals surface area contributed by atoms with Crippen LogP contribution in [0.15, 0.2) is 17.5 Å². The van der Waals surface area contributed by atoms with Crippen LogP contribution >= 0.6 is 11.3 Å². The maximum atomic E-state index is 11.1. The van der Waals surface area contributed by atoms with Gasteiger partial charge in [-0.05, 0) is 18.5 Å². The number of sulfonamides is 1. The summed E-state index contributed by atoms with van der Waals surface area (Å²) in [5, 5.41) is 2.11. The van der Waals surface area contributed by atoms with Crippen LogP contribution in [-0.4, -0.2) is 77.5 Å². The van der Waals surface area contributed by atoms with Crippen LogP contribution in [-0.2, 0) is 14.8 Å². The Morgan fingerprint density at radius 1 is 1.45 bits per heavy atom. The minimum absolute atomic E-state index is 0.340. The predicted molar refractivity (Wildman–Crippen MR) is 89.8 cm³/mol. The molecule has 22 heavy (non-hydrogen) atoms. The lowest BCUT2D eigenvalue weighted by Gasteiger charge is -2.36. The van der Waals surface area contributed by atoms with Gasteiger partial charge in [-0.25, -0.2) is 13.1 Å². The summed E-state index contributed by atoms with van der Waals surface area (Å²) in [5.74, 6) is 0. The molecule has 1 aromatic heterocycles. The molecular formula is C14H25N3O3S2. The second-order valence-electron chi connectivity index (χ2n) is 5.61. The summed E-state index contributed by atoms with van der Waals surface area (Å²) in [6, 6.07) is 4.60. The van der Waals surface area contributed by atoms with E-state index in [0.717, 1.165) is 32.8 Å². The summed E-state index contributed by atoms with van der Waals surface area (Å²) in [6.07, 6.45) is 1.19. The first-order valence-electron chi connectivity index (χ1n) is 7.44. The van der Waals surface area contributed by atoms with Gasteiger partial charge in [-0.2, -0.15) is 0 Å². The molecule has 8 heteroatoms. The van der Waals surface area contributed by atoms with E-state index in [1.54, 1.807) is 11.3 Å². The Balaban J connectivity index is 1.91. The molecule has 0 saturated carbocycles. The molecule has 1 aromatic rings. The van der Waals surface area contributed by atoms with Crippen LogP contribution in [0.1, 0.15) is 10.9 Å². The van der Waals surface area contributed by atoms with Gasteiger partial charge in [0.1, 0.15) is 0 Å². The highest BCUT2D eigenvalue weighted by atomic mass is 32.2. The zero-order valence-corrected chi connectivity index (χ0v) is 14.8. The largest absolute Gasteiger partial charge is 0.379 e. The van der Waals surface area contributed by atoms with Crippen LogP contribution in [0, 0.1) is 0 Å². The number of hydrogen-bond donors (Lipinski definition) is 1. The van der Waals surface area contributed by atoms with E-state index in [-0.39, 0.29) is 0 Å². The Hall–Kier alpha value is -0.510. The van der Waals surface area contributed by atoms with Gasteiger partial charge in [0, 0.05) is 37.6 Å². The van der Waals surface area contributed by atoms with Crippen molar-refractivity contribution in [3.8, 4) is 0 Å². The fraction of sp³-hybridized carbons (Fsp3) is 0.714. The number of hydrogen-bond acceptors (Lipinski definition) is 6. The lowest BCUT2D eigenvalue weighted by atomic mass is 10.1. The van der Waals surface area contributed by atoms with E-state index in [9.17, 15) is 8.42 Å². The molecule has 0 spiro atoms. The van der Waals surface area contributed by atoms with Crippen LogP contribution in [0.4, 0.5) is 0 Å². The van der Waals surface area contributed by atoms with Gasteiger partial charge >= 0.3 is 0 Å². The maximum absolute atomic E-state index is 11.1. The van der Waals surface area contributed by atoms with Gasteiger partial charge < -0.3 is 9.64 Å². The number of nitrogens with one attached hydrogen (secondary N) is 1. The molecule has 1 N–H and O–H groups in total. The van der Waals surface area contributed by atoms with Crippen LogP contribution in [0.3, 0.4) is 0 Å². The van der Waals surface area contributed by atoms with Gasteiger partial charge in [0.2, 0.25) is 10.0 Å². The van der Waals surface area contributed by atoms with Crippen molar-refractivity contribution in [2.75, 3.05) is 59.2 Å². The third kappa shape index (κ3) is 5.94. The number of morpholine rings is 1. The molecule has 0 aromatic carbocycles. The first kappa shape index (κ1) is 17.8. The Labute approximate surface area is 137 Å². The molecule has 1 aliphatic heterocycles. The average molecular weight is 348 g/mol. The minimum Gasteiger partial charge on any atom is -0.379 e. The van der Waals surface area contributed by atoms with Gasteiger partial charge in [0.25, 0.3) is 0 Å². The fourth-order valence-corrected chi connectivity index (χ4v) is 3.88. The molecule has 1 fully saturated rings. The molecule has 1 aliphatic rings. The Morgan fingerprint density at radius 2 is 2.18 bits per heavy atom. The van der Waals surface area contributed by atoms with Crippen molar-refractivity contribution in [1.29, 1.82) is 0 Å². The molecular weight excluding hydrogens is 322 g/mol. The quantitative estimate of drug-likeness (QED) is 0.746. The van der Waals surface area contributed by atoms with E-state index in [1.165, 1.54) is 11.1 Å². The molecule has 2 rings (SSSR count). The van der Waals surface area contributed by atoms with Crippen molar-refractivity contribution < 1.29 is 13.2 Å². The van der Waals surface area contributed by atoms with Gasteiger partial charge in [-0.15, -0.1) is 11.3 Å². The summed E-state index contributed by atoms with van der Waals surface area (Å²) in [7, 11) is -1.08. The van der Waals surface area contributed by atoms with Gasteiger partial charge in [0.15, 0.2) is 0 Å². The molecule has 1 atom stereocenters. The fourth-order valence-electron chi connectivity index (χ4n) is 2.56. The van der Waals surface area contributed by atoms with E-state index in [4.69, 9.17) is 4.74 Å². The number of rotatable bonds is 8. The highest BCUT2D eigenvalue weighted by molar-refractivity contribution is 7.88. The van der Waals surface area contributed by atoms with Gasteiger partial charge in [-0.1, -0.05) is 6.07 Å². The lowest BCUT2D eigenvalue weighted by Crippen LogP contribution is -2.44. The molecule has 2 heterocycles. The highest BCUT2D eigenvalue weighted by Crippen LogP contribution is 2.26. The number of likely N-dealkylation sites (N-methyl/N-ethyl adjacent to an activating group) is 1. The molecule has 0 bridgehead atoms. The molecule has 6 nitrogen and oxygen atoms in total. The maximum Gasteiger partial charge on any atom is 0.208 e. The summed E-state index contributed by atoms with van der Waals surface area (Å²) < 4.78 is 30.2. The monoisotopic (exact) mass is 347 g/mol. The van der Waals surface area contributed by atoms with E-state index in [1.807, 2.05) is 7.05 Å². The van der Waals surface area contributed by atoms with Crippen molar-refractivity contribution in [2.24, 2.45) is 0 Å². The second kappa shape index (κ2) is 8.37. The normalized spacial score (nSPS) is 18.7. The smallest absolute Gasteiger partial charge is 0.208 e. The second-order valence-corrected chi connectivity index (χ2v) is 8.42. The molecule has 1 saturated heterocycles. The summed E-state index contributed by atoms with van der Waals surface area (Å²) in [6.45, 7) is 5.46. The van der Waals surface area contributed by atoms with Crippen molar-refractivity contribution in [3.63, 3.8) is 0 Å². The summed E-state index contributed by atoms with van der Waals surface area (Å²) in [4.78, 5) is 5.98. The first-order chi connectivity index (χ1) is 10.5. The highest BCUT2D eigenvalue weighted by Gasteiger charge is 2.24. The van der Waals surface area contributed by atoms with Crippen molar-refractivity contribution in [1.82, 2.24) is 14.5 Å². The van der Waals surface area contributed by atoms with Crippen molar-refractivity contribution in [2.45, 2.75) is 6.04 Å². The van der Waals surface area contributed by atoms with Crippen LogP contribution < -0.4 is 4.72 Å². The Bertz CT molecular complexity index is 528. The molecule has 0 radical (unpaired) electrons. The number of nitrogens with zero attached hydrogens (tertiary/aromatic N) is 2. The van der Waals surface area contributed by atoms with Gasteiger partial charge in [-0.3, -0.25) is 4.90 Å². The van der Waals surface area contributed by atoms with Crippen LogP contribution in [0.5, 0.6) is 0 Å². The number of thiophene rings is 1. The predicted octanol–water partition coefficient (Wildman–Crippen LogP) is 0.602. The molecule has 0 amide bonds. The average Bonchev–Trinajstić information content (AvgIpc) is 2.98. The number of ether oxygens (including phenoxy) is 1. The summed E-state index contributed by atoms with van der Waals surface area (Å²) >= 11 is 1.77. The summed E-state index contributed by atoms with van der Waals surface area (Å²) in [5.41, 5.74) is 0. The van der Waals surface area contributed by atoms with E-state index >= 15 is 0 Å². The van der Waals surface area contributed by atoms with Crippen LogP contribution in [0.2, 0.25) is 0 Å².